The number of halogens is 1. The lowest BCUT2D eigenvalue weighted by Crippen LogP contribution is -2.30. The number of pyridine rings is 1. The number of para-hydroxylation sites is 1. The lowest BCUT2D eigenvalue weighted by molar-refractivity contribution is -0.660. The Labute approximate surface area is 127 Å². The molecule has 22 heavy (non-hydrogen) atoms. The van der Waals surface area contributed by atoms with Crippen LogP contribution in [0.25, 0.3) is 33.2 Å². The normalized spacial score (nSPS) is 11.4. The zero-order valence-corrected chi connectivity index (χ0v) is 12.4. The van der Waals surface area contributed by atoms with Gasteiger partial charge in [-0.1, -0.05) is 12.1 Å². The molecule has 0 aliphatic rings. The largest absolute Gasteiger partial charge is 0.453 e. The molecule has 0 amide bonds. The number of fused-ring (bicyclic) bond motifs is 3. The molecular formula is C19H15FNO+. The van der Waals surface area contributed by atoms with Gasteiger partial charge in [-0.15, -0.1) is 0 Å². The minimum atomic E-state index is -0.321. The van der Waals surface area contributed by atoms with Gasteiger partial charge in [-0.25, -0.2) is 8.96 Å². The number of rotatable bonds is 1. The van der Waals surface area contributed by atoms with Gasteiger partial charge >= 0.3 is 0 Å². The van der Waals surface area contributed by atoms with Crippen LogP contribution < -0.4 is 4.57 Å². The third-order valence-corrected chi connectivity index (χ3v) is 4.13. The topological polar surface area (TPSA) is 17.0 Å². The van der Waals surface area contributed by atoms with Crippen LogP contribution in [0.3, 0.4) is 0 Å². The predicted octanol–water partition coefficient (Wildman–Crippen LogP) is 4.53. The molecule has 0 saturated carbocycles. The van der Waals surface area contributed by atoms with Crippen molar-refractivity contribution in [3.63, 3.8) is 0 Å². The quantitative estimate of drug-likeness (QED) is 0.471. The third-order valence-electron chi connectivity index (χ3n) is 4.13. The Hall–Kier alpha value is -2.68. The van der Waals surface area contributed by atoms with Crippen molar-refractivity contribution >= 4 is 21.9 Å². The molecule has 0 N–H and O–H groups in total. The SMILES string of the molecule is Cc1cc2oc3c(F)cccc3c2cc1-c1cccc[n+]1C. The maximum absolute atomic E-state index is 13.9. The Morgan fingerprint density at radius 1 is 1.00 bits per heavy atom. The van der Waals surface area contributed by atoms with Crippen molar-refractivity contribution in [2.45, 2.75) is 6.92 Å². The molecule has 0 aliphatic carbocycles. The van der Waals surface area contributed by atoms with Gasteiger partial charge in [0, 0.05) is 28.5 Å². The summed E-state index contributed by atoms with van der Waals surface area (Å²) in [7, 11) is 2.02. The van der Waals surface area contributed by atoms with Crippen molar-refractivity contribution in [2.75, 3.05) is 0 Å². The van der Waals surface area contributed by atoms with Crippen molar-refractivity contribution in [1.29, 1.82) is 0 Å². The predicted molar refractivity (Wildman–Crippen MR) is 85.0 cm³/mol. The number of furan rings is 1. The Bertz CT molecular complexity index is 1020. The van der Waals surface area contributed by atoms with Crippen LogP contribution in [0.15, 0.2) is 59.1 Å². The molecule has 0 radical (unpaired) electrons. The van der Waals surface area contributed by atoms with E-state index < -0.39 is 0 Å². The first-order valence-electron chi connectivity index (χ1n) is 7.21. The average molecular weight is 292 g/mol. The van der Waals surface area contributed by atoms with E-state index in [1.54, 1.807) is 6.07 Å². The molecule has 2 heterocycles. The first-order valence-corrected chi connectivity index (χ1v) is 7.21. The van der Waals surface area contributed by atoms with Gasteiger partial charge in [-0.05, 0) is 36.8 Å². The molecule has 0 aliphatic heterocycles. The average Bonchev–Trinajstić information content (AvgIpc) is 2.86. The Kier molecular flexibility index (Phi) is 2.76. The van der Waals surface area contributed by atoms with E-state index in [2.05, 4.69) is 16.7 Å². The maximum Gasteiger partial charge on any atom is 0.212 e. The summed E-state index contributed by atoms with van der Waals surface area (Å²) in [6.07, 6.45) is 2.02. The van der Waals surface area contributed by atoms with Crippen LogP contribution in [-0.2, 0) is 7.05 Å². The minimum Gasteiger partial charge on any atom is -0.453 e. The van der Waals surface area contributed by atoms with Crippen LogP contribution in [0.1, 0.15) is 5.56 Å². The fourth-order valence-electron chi connectivity index (χ4n) is 2.99. The van der Waals surface area contributed by atoms with Gasteiger partial charge in [0.05, 0.1) is 0 Å². The van der Waals surface area contributed by atoms with E-state index in [1.165, 1.54) is 6.07 Å². The van der Waals surface area contributed by atoms with Gasteiger partial charge in [0.2, 0.25) is 5.69 Å². The van der Waals surface area contributed by atoms with Crippen molar-refractivity contribution in [1.82, 2.24) is 0 Å². The van der Waals surface area contributed by atoms with E-state index >= 15 is 0 Å². The number of nitrogens with zero attached hydrogens (tertiary/aromatic N) is 1. The third kappa shape index (κ3) is 1.82. The molecule has 0 unspecified atom stereocenters. The zero-order valence-electron chi connectivity index (χ0n) is 12.4. The highest BCUT2D eigenvalue weighted by Gasteiger charge is 2.16. The van der Waals surface area contributed by atoms with Crippen molar-refractivity contribution in [3.8, 4) is 11.3 Å². The van der Waals surface area contributed by atoms with E-state index in [1.807, 2.05) is 44.4 Å². The van der Waals surface area contributed by atoms with Crippen molar-refractivity contribution in [3.05, 3.63) is 66.1 Å². The summed E-state index contributed by atoms with van der Waals surface area (Å²) in [4.78, 5) is 0. The number of hydrogen-bond acceptors (Lipinski definition) is 1. The van der Waals surface area contributed by atoms with Gasteiger partial charge in [-0.3, -0.25) is 0 Å². The summed E-state index contributed by atoms with van der Waals surface area (Å²) >= 11 is 0. The Balaban J connectivity index is 2.09. The summed E-state index contributed by atoms with van der Waals surface area (Å²) in [6.45, 7) is 2.05. The van der Waals surface area contributed by atoms with Gasteiger partial charge in [0.25, 0.3) is 0 Å². The molecule has 2 aromatic heterocycles. The van der Waals surface area contributed by atoms with Gasteiger partial charge in [-0.2, -0.15) is 0 Å². The molecule has 0 fully saturated rings. The molecule has 2 nitrogen and oxygen atoms in total. The summed E-state index contributed by atoms with van der Waals surface area (Å²) in [5.74, 6) is -0.321. The molecule has 3 heteroatoms. The molecular weight excluding hydrogens is 277 g/mol. The van der Waals surface area contributed by atoms with E-state index in [0.29, 0.717) is 5.58 Å². The summed E-state index contributed by atoms with van der Waals surface area (Å²) in [6, 6.07) is 15.2. The number of aryl methyl sites for hydroxylation is 2. The molecule has 0 atom stereocenters. The fraction of sp³-hybridized carbons (Fsp3) is 0.105. The minimum absolute atomic E-state index is 0.321. The van der Waals surface area contributed by atoms with Crippen molar-refractivity contribution in [2.24, 2.45) is 7.05 Å². The molecule has 0 spiro atoms. The fourth-order valence-corrected chi connectivity index (χ4v) is 2.99. The van der Waals surface area contributed by atoms with Crippen LogP contribution in [0.5, 0.6) is 0 Å². The van der Waals surface area contributed by atoms with E-state index in [4.69, 9.17) is 4.42 Å². The highest BCUT2D eigenvalue weighted by atomic mass is 19.1. The molecule has 0 bridgehead atoms. The first-order chi connectivity index (χ1) is 10.6. The van der Waals surface area contributed by atoms with Crippen molar-refractivity contribution < 1.29 is 13.4 Å². The summed E-state index contributed by atoms with van der Waals surface area (Å²) in [5, 5.41) is 1.76. The second-order valence-corrected chi connectivity index (χ2v) is 5.58. The van der Waals surface area contributed by atoms with E-state index in [9.17, 15) is 4.39 Å². The highest BCUT2D eigenvalue weighted by Crippen LogP contribution is 2.34. The van der Waals surface area contributed by atoms with Crippen LogP contribution >= 0.6 is 0 Å². The highest BCUT2D eigenvalue weighted by molar-refractivity contribution is 6.06. The van der Waals surface area contributed by atoms with E-state index in [0.717, 1.165) is 33.2 Å². The lowest BCUT2D eigenvalue weighted by Gasteiger charge is -2.04. The van der Waals surface area contributed by atoms with Crippen LogP contribution in [0.2, 0.25) is 0 Å². The molecule has 0 saturated heterocycles. The lowest BCUT2D eigenvalue weighted by atomic mass is 10.0. The Morgan fingerprint density at radius 3 is 2.68 bits per heavy atom. The number of aromatic nitrogens is 1. The van der Waals surface area contributed by atoms with E-state index in [-0.39, 0.29) is 5.82 Å². The zero-order chi connectivity index (χ0) is 15.3. The number of benzene rings is 2. The standard InChI is InChI=1S/C19H15FNO/c1-12-10-18-15(13-6-5-7-16(20)19(13)22-18)11-14(12)17-8-3-4-9-21(17)2/h3-11H,1-2H3/q+1. The summed E-state index contributed by atoms with van der Waals surface area (Å²) in [5.41, 5.74) is 4.40. The van der Waals surface area contributed by atoms with Crippen LogP contribution in [0, 0.1) is 12.7 Å². The Morgan fingerprint density at radius 2 is 1.86 bits per heavy atom. The smallest absolute Gasteiger partial charge is 0.212 e. The molecule has 4 rings (SSSR count). The molecule has 4 aromatic rings. The molecule has 108 valence electrons. The second-order valence-electron chi connectivity index (χ2n) is 5.58. The van der Waals surface area contributed by atoms with Gasteiger partial charge in [0.1, 0.15) is 12.6 Å². The maximum atomic E-state index is 13.9. The van der Waals surface area contributed by atoms with Gasteiger partial charge in [0.15, 0.2) is 17.6 Å². The second kappa shape index (κ2) is 4.67. The summed E-state index contributed by atoms with van der Waals surface area (Å²) < 4.78 is 21.7. The molecule has 2 aromatic carbocycles. The van der Waals surface area contributed by atoms with Crippen LogP contribution in [-0.4, -0.2) is 0 Å². The van der Waals surface area contributed by atoms with Crippen LogP contribution in [0.4, 0.5) is 4.39 Å². The van der Waals surface area contributed by atoms with Gasteiger partial charge < -0.3 is 4.42 Å². The number of hydrogen-bond donors (Lipinski definition) is 0. The first kappa shape index (κ1) is 13.0. The monoisotopic (exact) mass is 292 g/mol.